The van der Waals surface area contributed by atoms with Gasteiger partial charge in [0.05, 0.1) is 30.2 Å². The molecule has 0 spiro atoms. The fourth-order valence-corrected chi connectivity index (χ4v) is 5.86. The molecule has 1 aromatic heterocycles. The number of esters is 1. The molecule has 2 atom stereocenters. The third-order valence-corrected chi connectivity index (χ3v) is 7.22. The lowest BCUT2D eigenvalue weighted by Gasteiger charge is -2.33. The highest BCUT2D eigenvalue weighted by molar-refractivity contribution is 9.10. The lowest BCUT2D eigenvalue weighted by molar-refractivity contribution is -0.139. The van der Waals surface area contributed by atoms with Crippen molar-refractivity contribution in [3.8, 4) is 0 Å². The molecule has 0 radical (unpaired) electrons. The van der Waals surface area contributed by atoms with Crippen molar-refractivity contribution in [2.75, 3.05) is 19.4 Å². The van der Waals surface area contributed by atoms with Gasteiger partial charge in [0, 0.05) is 22.6 Å². The number of fused-ring (bicyclic) bond motifs is 1. The van der Waals surface area contributed by atoms with Crippen LogP contribution >= 0.6 is 27.3 Å². The first-order chi connectivity index (χ1) is 15.2. The molecule has 2 aromatic rings. The molecule has 0 bridgehead atoms. The number of rotatable bonds is 6. The average molecular weight is 543 g/mol. The average Bonchev–Trinajstić information content (AvgIpc) is 3.37. The molecule has 0 unspecified atom stereocenters. The summed E-state index contributed by atoms with van der Waals surface area (Å²) < 4.78 is 46.3. The first-order valence-corrected chi connectivity index (χ1v) is 13.3. The van der Waals surface area contributed by atoms with E-state index in [9.17, 15) is 17.6 Å². The fraction of sp³-hybridized carbons (Fsp3) is 0.350. The van der Waals surface area contributed by atoms with Gasteiger partial charge in [0.15, 0.2) is 10.8 Å². The predicted molar refractivity (Wildman–Crippen MR) is 122 cm³/mol. The topological polar surface area (TPSA) is 101 Å². The van der Waals surface area contributed by atoms with Crippen LogP contribution in [0.15, 0.2) is 50.5 Å². The molecule has 4 rings (SSSR count). The summed E-state index contributed by atoms with van der Waals surface area (Å²) in [4.78, 5) is 24.2. The number of benzene rings is 1. The second kappa shape index (κ2) is 9.00. The summed E-state index contributed by atoms with van der Waals surface area (Å²) in [5, 5.41) is 2.45. The second-order valence-electron chi connectivity index (χ2n) is 7.26. The van der Waals surface area contributed by atoms with E-state index in [0.29, 0.717) is 39.5 Å². The molecule has 0 saturated carbocycles. The Morgan fingerprint density at radius 2 is 2.22 bits per heavy atom. The van der Waals surface area contributed by atoms with Gasteiger partial charge in [-0.15, -0.1) is 11.3 Å². The summed E-state index contributed by atoms with van der Waals surface area (Å²) in [5.74, 6) is -0.509. The minimum Gasteiger partial charge on any atom is -0.463 e. The Morgan fingerprint density at radius 1 is 1.44 bits per heavy atom. The zero-order chi connectivity index (χ0) is 23.0. The molecular formula is C20H20BrFN4O4S2. The Bertz CT molecular complexity index is 1210. The smallest absolute Gasteiger partial charge is 0.338 e. The van der Waals surface area contributed by atoms with E-state index in [4.69, 9.17) is 9.73 Å². The van der Waals surface area contributed by atoms with Crippen LogP contribution in [0.2, 0.25) is 0 Å². The van der Waals surface area contributed by atoms with Gasteiger partial charge in [-0.05, 0) is 31.0 Å². The molecule has 1 N–H and O–H groups in total. The minimum atomic E-state index is -3.56. The van der Waals surface area contributed by atoms with E-state index in [1.165, 1.54) is 23.5 Å². The highest BCUT2D eigenvalue weighted by atomic mass is 79.9. The molecule has 1 aromatic carbocycles. The fourth-order valence-electron chi connectivity index (χ4n) is 3.90. The van der Waals surface area contributed by atoms with Crippen LogP contribution < -0.4 is 4.72 Å². The molecular weight excluding hydrogens is 523 g/mol. The van der Waals surface area contributed by atoms with Gasteiger partial charge in [-0.1, -0.05) is 22.0 Å². The summed E-state index contributed by atoms with van der Waals surface area (Å²) in [7, 11) is -3.56. The number of halogens is 2. The number of aliphatic imine (C=N–C) groups is 1. The monoisotopic (exact) mass is 542 g/mol. The molecule has 32 heavy (non-hydrogen) atoms. The summed E-state index contributed by atoms with van der Waals surface area (Å²) in [6.45, 7) is 2.28. The Kier molecular flexibility index (Phi) is 6.48. The molecule has 8 nitrogen and oxygen atoms in total. The Morgan fingerprint density at radius 3 is 2.84 bits per heavy atom. The maximum absolute atomic E-state index is 13.8. The third-order valence-electron chi connectivity index (χ3n) is 5.05. The van der Waals surface area contributed by atoms with Crippen LogP contribution in [0.5, 0.6) is 0 Å². The highest BCUT2D eigenvalue weighted by Gasteiger charge is 2.44. The number of nitrogens with one attached hydrogen (secondary N) is 1. The van der Waals surface area contributed by atoms with E-state index in [-0.39, 0.29) is 12.2 Å². The van der Waals surface area contributed by atoms with Gasteiger partial charge in [0.1, 0.15) is 11.9 Å². The van der Waals surface area contributed by atoms with Crippen molar-refractivity contribution in [1.82, 2.24) is 14.6 Å². The van der Waals surface area contributed by atoms with Crippen molar-refractivity contribution < 1.29 is 22.3 Å². The van der Waals surface area contributed by atoms with Gasteiger partial charge in [0.25, 0.3) is 0 Å². The summed E-state index contributed by atoms with van der Waals surface area (Å²) in [5.41, 5.74) is 1.26. The molecule has 0 aliphatic carbocycles. The van der Waals surface area contributed by atoms with Gasteiger partial charge in [0.2, 0.25) is 10.0 Å². The number of amidine groups is 1. The minimum absolute atomic E-state index is 0.139. The van der Waals surface area contributed by atoms with Crippen molar-refractivity contribution in [1.29, 1.82) is 0 Å². The van der Waals surface area contributed by atoms with E-state index in [2.05, 4.69) is 25.6 Å². The number of sulfonamides is 1. The van der Waals surface area contributed by atoms with Crippen LogP contribution in [0.3, 0.4) is 0 Å². The van der Waals surface area contributed by atoms with Crippen LogP contribution in [0.1, 0.15) is 30.0 Å². The first kappa shape index (κ1) is 23.0. The molecule has 1 fully saturated rings. The molecule has 170 valence electrons. The first-order valence-electron chi connectivity index (χ1n) is 9.78. The lowest BCUT2D eigenvalue weighted by Crippen LogP contribution is -2.41. The van der Waals surface area contributed by atoms with Crippen LogP contribution in [0.25, 0.3) is 0 Å². The normalized spacial score (nSPS) is 20.9. The van der Waals surface area contributed by atoms with E-state index in [0.717, 1.165) is 6.26 Å². The van der Waals surface area contributed by atoms with Crippen molar-refractivity contribution in [3.63, 3.8) is 0 Å². The Hall–Kier alpha value is -2.15. The van der Waals surface area contributed by atoms with Gasteiger partial charge < -0.3 is 9.64 Å². The van der Waals surface area contributed by atoms with Crippen LogP contribution in [0, 0.1) is 5.82 Å². The number of carbonyl (C=O) groups is 1. The van der Waals surface area contributed by atoms with E-state index < -0.39 is 33.9 Å². The van der Waals surface area contributed by atoms with Gasteiger partial charge in [-0.2, -0.15) is 0 Å². The number of aromatic nitrogens is 1. The van der Waals surface area contributed by atoms with Crippen LogP contribution in [-0.4, -0.2) is 55.6 Å². The zero-order valence-electron chi connectivity index (χ0n) is 17.2. The van der Waals surface area contributed by atoms with E-state index >= 15 is 0 Å². The highest BCUT2D eigenvalue weighted by Crippen LogP contribution is 2.42. The van der Waals surface area contributed by atoms with Crippen LogP contribution in [-0.2, 0) is 19.6 Å². The van der Waals surface area contributed by atoms with E-state index in [1.54, 1.807) is 19.2 Å². The van der Waals surface area contributed by atoms with Gasteiger partial charge in [-0.3, -0.25) is 4.99 Å². The molecule has 2 aliphatic rings. The standard InChI is InChI=1S/C20H20BrFN4O4S2/c1-3-30-20(27)15-16(12-5-4-11(22)10-13(12)21)24-18(19-23-7-9-31-19)26-8-6-14(17(15)26)25-32(2,28)29/h4-5,7,9-10,14,16,25H,3,6,8H2,1-2H3/t14-,16+/m1/s1. The second-order valence-corrected chi connectivity index (χ2v) is 10.8. The maximum Gasteiger partial charge on any atom is 0.338 e. The Balaban J connectivity index is 1.95. The van der Waals surface area contributed by atoms with Crippen LogP contribution in [0.4, 0.5) is 4.39 Å². The largest absolute Gasteiger partial charge is 0.463 e. The Labute approximate surface area is 197 Å². The van der Waals surface area contributed by atoms with Gasteiger partial charge >= 0.3 is 5.97 Å². The SMILES string of the molecule is CCOC(=O)C1=C2[C@H](NS(C)(=O)=O)CCN2C(c2nccs2)=N[C@H]1c1ccc(F)cc1Br. The number of nitrogens with zero attached hydrogens (tertiary/aromatic N) is 3. The van der Waals surface area contributed by atoms with Crippen molar-refractivity contribution in [2.24, 2.45) is 4.99 Å². The zero-order valence-corrected chi connectivity index (χ0v) is 20.4. The molecule has 1 saturated heterocycles. The van der Waals surface area contributed by atoms with E-state index in [1.807, 2.05) is 10.3 Å². The lowest BCUT2D eigenvalue weighted by atomic mass is 9.93. The third kappa shape index (κ3) is 4.49. The van der Waals surface area contributed by atoms with Crippen molar-refractivity contribution >= 4 is 49.1 Å². The quantitative estimate of drug-likeness (QED) is 0.563. The number of hydrogen-bond donors (Lipinski definition) is 1. The molecule has 12 heteroatoms. The molecule has 0 amide bonds. The number of hydrogen-bond acceptors (Lipinski definition) is 8. The summed E-state index contributed by atoms with van der Waals surface area (Å²) in [6.07, 6.45) is 3.16. The van der Waals surface area contributed by atoms with Gasteiger partial charge in [-0.25, -0.2) is 27.3 Å². The molecule has 3 heterocycles. The predicted octanol–water partition coefficient (Wildman–Crippen LogP) is 2.99. The number of ether oxygens (including phenoxy) is 1. The molecule has 2 aliphatic heterocycles. The summed E-state index contributed by atoms with van der Waals surface area (Å²) in [6, 6.07) is 2.66. The maximum atomic E-state index is 13.8. The van der Waals surface area contributed by atoms with Crippen molar-refractivity contribution in [3.05, 3.63) is 61.9 Å². The summed E-state index contributed by atoms with van der Waals surface area (Å²) >= 11 is 4.77. The van der Waals surface area contributed by atoms with Crippen molar-refractivity contribution in [2.45, 2.75) is 25.4 Å². The number of carbonyl (C=O) groups excluding carboxylic acids is 1. The number of thiazole rings is 1.